The second-order valence-electron chi connectivity index (χ2n) is 14.1. The summed E-state index contributed by atoms with van der Waals surface area (Å²) in [5.41, 5.74) is 5.11. The molecule has 2 aromatic heterocycles. The number of aromatic nitrogens is 3. The first-order valence-corrected chi connectivity index (χ1v) is 17.2. The van der Waals surface area contributed by atoms with Crippen molar-refractivity contribution < 1.29 is 28.6 Å². The van der Waals surface area contributed by atoms with E-state index in [4.69, 9.17) is 14.2 Å². The number of H-pyrrole nitrogens is 1. The van der Waals surface area contributed by atoms with E-state index in [9.17, 15) is 19.2 Å². The lowest BCUT2D eigenvalue weighted by atomic mass is 9.87. The van der Waals surface area contributed by atoms with E-state index >= 15 is 0 Å². The van der Waals surface area contributed by atoms with Crippen LogP contribution in [0.1, 0.15) is 72.9 Å². The zero-order chi connectivity index (χ0) is 37.6. The fourth-order valence-electron chi connectivity index (χ4n) is 6.24. The van der Waals surface area contributed by atoms with Crippen molar-refractivity contribution in [2.24, 2.45) is 0 Å². The number of fused-ring (bicyclic) bond motifs is 1. The van der Waals surface area contributed by atoms with Gasteiger partial charge in [0.05, 0.1) is 38.3 Å². The molecule has 0 spiro atoms. The van der Waals surface area contributed by atoms with Gasteiger partial charge in [0, 0.05) is 36.9 Å². The molecule has 1 amide bonds. The molecular weight excluding hydrogens is 660 g/mol. The maximum Gasteiger partial charge on any atom is 0.410 e. The third kappa shape index (κ3) is 9.34. The van der Waals surface area contributed by atoms with Crippen LogP contribution in [-0.4, -0.2) is 64.1 Å². The smallest absolute Gasteiger partial charge is 0.410 e. The number of nitrogens with one attached hydrogen (secondary N) is 1. The second kappa shape index (κ2) is 16.1. The van der Waals surface area contributed by atoms with E-state index in [1.54, 1.807) is 24.1 Å². The molecule has 0 aliphatic carbocycles. The van der Waals surface area contributed by atoms with E-state index in [1.165, 1.54) is 12.0 Å². The lowest BCUT2D eigenvalue weighted by Gasteiger charge is -2.25. The van der Waals surface area contributed by atoms with Crippen molar-refractivity contribution in [1.29, 1.82) is 0 Å². The predicted octanol–water partition coefficient (Wildman–Crippen LogP) is 6.78. The number of ether oxygens (including phenoxy) is 3. The summed E-state index contributed by atoms with van der Waals surface area (Å²) in [7, 11) is 3.04. The standard InChI is InChI=1S/C41H46N4O7/c1-26-19-31(35(39(48)50-7)22-29-9-11-30-15-17-42-38(47)34(30)21-29)12-13-33(26)27(2)25-51-37(46)23-28-10-14-36(45-18-8-16-43-45)32(20-28)24-44(6)40(49)52-41(3,4)5/h8-21,27,35H,22-25H2,1-7H3,(H,42,47)/t27-,35?/m0/s1. The molecule has 11 nitrogen and oxygen atoms in total. The lowest BCUT2D eigenvalue weighted by Crippen LogP contribution is -2.34. The number of hydrogen-bond acceptors (Lipinski definition) is 8. The van der Waals surface area contributed by atoms with Crippen molar-refractivity contribution in [1.82, 2.24) is 19.7 Å². The molecule has 3 aromatic carbocycles. The first-order chi connectivity index (χ1) is 24.7. The molecule has 0 saturated heterocycles. The van der Waals surface area contributed by atoms with Crippen LogP contribution in [0.25, 0.3) is 16.5 Å². The van der Waals surface area contributed by atoms with Crippen LogP contribution in [0.15, 0.2) is 90.1 Å². The van der Waals surface area contributed by atoms with Crippen LogP contribution in [0.4, 0.5) is 4.79 Å². The van der Waals surface area contributed by atoms with Gasteiger partial charge in [-0.1, -0.05) is 49.4 Å². The minimum absolute atomic E-state index is 0.0502. The third-order valence-corrected chi connectivity index (χ3v) is 8.84. The summed E-state index contributed by atoms with van der Waals surface area (Å²) < 4.78 is 18.2. The molecule has 52 heavy (non-hydrogen) atoms. The summed E-state index contributed by atoms with van der Waals surface area (Å²) >= 11 is 0. The van der Waals surface area contributed by atoms with Crippen LogP contribution in [0.3, 0.4) is 0 Å². The molecule has 2 atom stereocenters. The SMILES string of the molecule is COC(=O)C(Cc1ccc2cc[nH]c(=O)c2c1)c1ccc([C@@H](C)COC(=O)Cc2ccc(-n3cccn3)c(CN(C)C(=O)OC(C)(C)C)c2)c(C)c1. The van der Waals surface area contributed by atoms with Crippen LogP contribution in [-0.2, 0) is 43.2 Å². The van der Waals surface area contributed by atoms with Crippen LogP contribution >= 0.6 is 0 Å². The Bertz CT molecular complexity index is 2110. The van der Waals surface area contributed by atoms with E-state index < -0.39 is 17.6 Å². The van der Waals surface area contributed by atoms with Gasteiger partial charge in [-0.15, -0.1) is 0 Å². The highest BCUT2D eigenvalue weighted by Crippen LogP contribution is 2.29. The van der Waals surface area contributed by atoms with Gasteiger partial charge >= 0.3 is 18.0 Å². The van der Waals surface area contributed by atoms with Crippen molar-refractivity contribution >= 4 is 28.8 Å². The van der Waals surface area contributed by atoms with E-state index in [0.717, 1.165) is 44.5 Å². The molecule has 0 fully saturated rings. The molecule has 5 rings (SSSR count). The van der Waals surface area contributed by atoms with Gasteiger partial charge in [-0.05, 0) is 97.1 Å². The molecule has 0 bridgehead atoms. The monoisotopic (exact) mass is 706 g/mol. The van der Waals surface area contributed by atoms with Gasteiger partial charge in [-0.2, -0.15) is 5.10 Å². The summed E-state index contributed by atoms with van der Waals surface area (Å²) in [6, 6.07) is 20.7. The first-order valence-electron chi connectivity index (χ1n) is 17.2. The molecule has 5 aromatic rings. The summed E-state index contributed by atoms with van der Waals surface area (Å²) in [6.07, 6.45) is 5.07. The van der Waals surface area contributed by atoms with E-state index in [1.807, 2.05) is 108 Å². The molecule has 11 heteroatoms. The number of carbonyl (C=O) groups excluding carboxylic acids is 3. The molecule has 1 unspecified atom stereocenters. The Morgan fingerprint density at radius 2 is 1.77 bits per heavy atom. The van der Waals surface area contributed by atoms with E-state index in [2.05, 4.69) is 10.1 Å². The maximum absolute atomic E-state index is 13.1. The summed E-state index contributed by atoms with van der Waals surface area (Å²) in [5, 5.41) is 5.74. The van der Waals surface area contributed by atoms with Crippen molar-refractivity contribution in [3.63, 3.8) is 0 Å². The number of hydrogen-bond donors (Lipinski definition) is 1. The minimum atomic E-state index is -0.632. The Labute approximate surface area is 303 Å². The Balaban J connectivity index is 1.25. The van der Waals surface area contributed by atoms with Crippen molar-refractivity contribution in [3.8, 4) is 5.69 Å². The first kappa shape index (κ1) is 37.5. The Hall–Kier alpha value is -5.71. The van der Waals surface area contributed by atoms with Crippen LogP contribution in [0.2, 0.25) is 0 Å². The highest BCUT2D eigenvalue weighted by Gasteiger charge is 2.25. The summed E-state index contributed by atoms with van der Waals surface area (Å²) in [5.74, 6) is -1.42. The quantitative estimate of drug-likeness (QED) is 0.111. The predicted molar refractivity (Wildman–Crippen MR) is 199 cm³/mol. The van der Waals surface area contributed by atoms with Crippen molar-refractivity contribution in [2.45, 2.75) is 71.4 Å². The number of aryl methyl sites for hydroxylation is 1. The second-order valence-corrected chi connectivity index (χ2v) is 14.1. The molecule has 272 valence electrons. The molecule has 0 saturated carbocycles. The number of esters is 2. The number of methoxy groups -OCH3 is 1. The van der Waals surface area contributed by atoms with Gasteiger partial charge in [0.15, 0.2) is 0 Å². The molecule has 2 heterocycles. The fraction of sp³-hybridized carbons (Fsp3) is 0.341. The molecular formula is C41H46N4O7. The molecule has 0 aliphatic rings. The normalized spacial score (nSPS) is 12.6. The highest BCUT2D eigenvalue weighted by molar-refractivity contribution is 5.83. The summed E-state index contributed by atoms with van der Waals surface area (Å²) in [4.78, 5) is 55.3. The van der Waals surface area contributed by atoms with Crippen molar-refractivity contribution in [2.75, 3.05) is 20.8 Å². The fourth-order valence-corrected chi connectivity index (χ4v) is 6.24. The number of benzene rings is 3. The Kier molecular flexibility index (Phi) is 11.6. The summed E-state index contributed by atoms with van der Waals surface area (Å²) in [6.45, 7) is 9.83. The van der Waals surface area contributed by atoms with Gasteiger partial charge in [0.2, 0.25) is 0 Å². The number of aromatic amines is 1. The zero-order valence-corrected chi connectivity index (χ0v) is 30.8. The molecule has 1 N–H and O–H groups in total. The number of nitrogens with zero attached hydrogens (tertiary/aromatic N) is 3. The molecule has 0 radical (unpaired) electrons. The number of carbonyl (C=O) groups is 3. The van der Waals surface area contributed by atoms with Gasteiger partial charge in [0.25, 0.3) is 5.56 Å². The maximum atomic E-state index is 13.1. The number of amides is 1. The van der Waals surface area contributed by atoms with Gasteiger partial charge in [-0.3, -0.25) is 14.4 Å². The van der Waals surface area contributed by atoms with Crippen LogP contribution < -0.4 is 5.56 Å². The average molecular weight is 707 g/mol. The van der Waals surface area contributed by atoms with Gasteiger partial charge in [0.1, 0.15) is 5.60 Å². The Morgan fingerprint density at radius 1 is 1.00 bits per heavy atom. The van der Waals surface area contributed by atoms with Gasteiger partial charge < -0.3 is 24.1 Å². The number of pyridine rings is 1. The largest absolute Gasteiger partial charge is 0.469 e. The topological polar surface area (TPSA) is 133 Å². The Morgan fingerprint density at radius 3 is 2.46 bits per heavy atom. The van der Waals surface area contributed by atoms with Crippen molar-refractivity contribution in [3.05, 3.63) is 129 Å². The van der Waals surface area contributed by atoms with Crippen LogP contribution in [0.5, 0.6) is 0 Å². The average Bonchev–Trinajstić information content (AvgIpc) is 3.64. The van der Waals surface area contributed by atoms with Gasteiger partial charge in [-0.25, -0.2) is 9.48 Å². The van der Waals surface area contributed by atoms with Crippen LogP contribution in [0, 0.1) is 6.92 Å². The lowest BCUT2D eigenvalue weighted by molar-refractivity contribution is -0.143. The minimum Gasteiger partial charge on any atom is -0.469 e. The highest BCUT2D eigenvalue weighted by atomic mass is 16.6. The van der Waals surface area contributed by atoms with E-state index in [-0.39, 0.29) is 43.0 Å². The third-order valence-electron chi connectivity index (χ3n) is 8.84. The molecule has 0 aliphatic heterocycles. The number of rotatable bonds is 12. The van der Waals surface area contributed by atoms with E-state index in [0.29, 0.717) is 11.8 Å². The zero-order valence-electron chi connectivity index (χ0n) is 30.8.